The van der Waals surface area contributed by atoms with Gasteiger partial charge in [-0.1, -0.05) is 103 Å². The van der Waals surface area contributed by atoms with Crippen molar-refractivity contribution in [3.63, 3.8) is 0 Å². The average Bonchev–Trinajstić information content (AvgIpc) is 2.72. The van der Waals surface area contributed by atoms with Gasteiger partial charge in [0.25, 0.3) is 5.43 Å². The van der Waals surface area contributed by atoms with Crippen LogP contribution in [0.4, 0.5) is 0 Å². The highest BCUT2D eigenvalue weighted by atomic mass is 16.3. The second-order valence-electron chi connectivity index (χ2n) is 8.17. The van der Waals surface area contributed by atoms with E-state index in [1.807, 2.05) is 19.2 Å². The first-order chi connectivity index (χ1) is 14.1. The summed E-state index contributed by atoms with van der Waals surface area (Å²) in [6, 6.07) is 0. The molecular formula is C25H43NO3. The molecule has 0 atom stereocenters. The van der Waals surface area contributed by atoms with Crippen molar-refractivity contribution >= 4 is 6.20 Å². The van der Waals surface area contributed by atoms with Crippen LogP contribution in [0.15, 0.2) is 17.1 Å². The molecule has 2 N–H and O–H groups in total. The van der Waals surface area contributed by atoms with Crippen LogP contribution in [0.5, 0.6) is 11.5 Å². The largest absolute Gasteiger partial charge is 0.503 e. The van der Waals surface area contributed by atoms with Gasteiger partial charge in [0.1, 0.15) is 0 Å². The summed E-state index contributed by atoms with van der Waals surface area (Å²) in [6.45, 7) is 4.15. The minimum absolute atomic E-state index is 0.353. The van der Waals surface area contributed by atoms with Crippen LogP contribution in [0.3, 0.4) is 0 Å². The van der Waals surface area contributed by atoms with Gasteiger partial charge in [0.15, 0.2) is 11.5 Å². The number of rotatable bonds is 17. The third-order valence-corrected chi connectivity index (χ3v) is 5.62. The summed E-state index contributed by atoms with van der Waals surface area (Å²) >= 11 is 0. The molecule has 0 bridgehead atoms. The first-order valence-electron chi connectivity index (χ1n) is 11.9. The predicted molar refractivity (Wildman–Crippen MR) is 124 cm³/mol. The second kappa shape index (κ2) is 16.1. The molecule has 0 fully saturated rings. The van der Waals surface area contributed by atoms with Crippen LogP contribution in [0.1, 0.15) is 116 Å². The van der Waals surface area contributed by atoms with Crippen molar-refractivity contribution in [2.24, 2.45) is 0 Å². The molecule has 4 heteroatoms. The fraction of sp³-hybridized carbons (Fsp3) is 0.720. The minimum atomic E-state index is -0.696. The number of pyridine rings is 1. The van der Waals surface area contributed by atoms with Crippen molar-refractivity contribution in [2.45, 2.75) is 117 Å². The van der Waals surface area contributed by atoms with Gasteiger partial charge < -0.3 is 14.8 Å². The van der Waals surface area contributed by atoms with Gasteiger partial charge in [-0.05, 0) is 19.3 Å². The van der Waals surface area contributed by atoms with Gasteiger partial charge in [0.2, 0.25) is 0 Å². The van der Waals surface area contributed by atoms with E-state index in [-0.39, 0.29) is 5.75 Å². The zero-order valence-corrected chi connectivity index (χ0v) is 18.8. The van der Waals surface area contributed by atoms with E-state index < -0.39 is 11.2 Å². The summed E-state index contributed by atoms with van der Waals surface area (Å²) in [7, 11) is 0. The lowest BCUT2D eigenvalue weighted by Gasteiger charge is -2.10. The zero-order chi connectivity index (χ0) is 21.3. The molecule has 0 aliphatic heterocycles. The Morgan fingerprint density at radius 1 is 0.793 bits per heavy atom. The summed E-state index contributed by atoms with van der Waals surface area (Å²) in [6.07, 6.45) is 25.7. The van der Waals surface area contributed by atoms with Crippen LogP contribution in [0.2, 0.25) is 0 Å². The monoisotopic (exact) mass is 405 g/mol. The molecular weight excluding hydrogens is 362 g/mol. The molecule has 0 unspecified atom stereocenters. The predicted octanol–water partition coefficient (Wildman–Crippen LogP) is 7.16. The molecule has 0 saturated carbocycles. The highest BCUT2D eigenvalue weighted by Gasteiger charge is 2.11. The Kier molecular flexibility index (Phi) is 14.1. The van der Waals surface area contributed by atoms with Crippen LogP contribution >= 0.6 is 0 Å². The normalized spacial score (nSPS) is 11.5. The van der Waals surface area contributed by atoms with Crippen LogP contribution in [-0.2, 0) is 6.42 Å². The SMILES string of the molecule is CCCCCCCCCCCCCCCCC=Cn1cc(O)c(=O)c(O)c1CC. The van der Waals surface area contributed by atoms with E-state index in [4.69, 9.17) is 0 Å². The molecule has 0 aromatic carbocycles. The molecule has 4 nitrogen and oxygen atoms in total. The number of allylic oxidation sites excluding steroid dienone is 1. The molecule has 0 aliphatic rings. The summed E-state index contributed by atoms with van der Waals surface area (Å²) in [5.74, 6) is -0.769. The molecule has 0 spiro atoms. The second-order valence-corrected chi connectivity index (χ2v) is 8.17. The van der Waals surface area contributed by atoms with Crippen molar-refractivity contribution in [1.29, 1.82) is 0 Å². The van der Waals surface area contributed by atoms with E-state index in [1.54, 1.807) is 4.57 Å². The fourth-order valence-electron chi connectivity index (χ4n) is 3.77. The van der Waals surface area contributed by atoms with Crippen molar-refractivity contribution in [3.05, 3.63) is 28.2 Å². The Morgan fingerprint density at radius 2 is 1.28 bits per heavy atom. The Balaban J connectivity index is 2.05. The first-order valence-corrected chi connectivity index (χ1v) is 11.9. The average molecular weight is 406 g/mol. The molecule has 0 amide bonds. The third kappa shape index (κ3) is 10.6. The molecule has 29 heavy (non-hydrogen) atoms. The maximum absolute atomic E-state index is 11.6. The maximum atomic E-state index is 11.6. The molecule has 0 saturated heterocycles. The quantitative estimate of drug-likeness (QED) is 0.270. The lowest BCUT2D eigenvalue weighted by Crippen LogP contribution is -2.09. The summed E-state index contributed by atoms with van der Waals surface area (Å²) in [5, 5.41) is 19.5. The Hall–Kier alpha value is -1.71. The van der Waals surface area contributed by atoms with E-state index in [2.05, 4.69) is 6.92 Å². The standard InChI is InChI=1S/C25H43NO3/c1-3-5-6-7-8-9-10-11-12-13-14-15-16-17-18-19-20-26-21-23(27)25(29)24(28)22(26)4-2/h19-21,27-28H,3-18H2,1-2H3. The third-order valence-electron chi connectivity index (χ3n) is 5.62. The molecule has 0 aliphatic carbocycles. The number of hydrogen-bond donors (Lipinski definition) is 2. The van der Waals surface area contributed by atoms with Gasteiger partial charge in [0.05, 0.1) is 11.9 Å². The van der Waals surface area contributed by atoms with Crippen LogP contribution < -0.4 is 5.43 Å². The van der Waals surface area contributed by atoms with E-state index in [0.29, 0.717) is 12.1 Å². The fourth-order valence-corrected chi connectivity index (χ4v) is 3.77. The van der Waals surface area contributed by atoms with Crippen LogP contribution in [-0.4, -0.2) is 14.8 Å². The summed E-state index contributed by atoms with van der Waals surface area (Å²) < 4.78 is 1.65. The Labute approximate surface area is 177 Å². The number of unbranched alkanes of at least 4 members (excludes halogenated alkanes) is 14. The smallest absolute Gasteiger partial charge is 0.264 e. The van der Waals surface area contributed by atoms with Gasteiger partial charge in [-0.25, -0.2) is 0 Å². The number of aromatic hydroxyl groups is 2. The Bertz CT molecular complexity index is 634. The lowest BCUT2D eigenvalue weighted by atomic mass is 10.0. The first kappa shape index (κ1) is 25.3. The molecule has 1 rings (SSSR count). The van der Waals surface area contributed by atoms with Crippen molar-refractivity contribution in [2.75, 3.05) is 0 Å². The maximum Gasteiger partial charge on any atom is 0.264 e. The molecule has 1 aromatic rings. The lowest BCUT2D eigenvalue weighted by molar-refractivity contribution is 0.428. The number of aromatic nitrogens is 1. The van der Waals surface area contributed by atoms with Gasteiger partial charge in [-0.2, -0.15) is 0 Å². The van der Waals surface area contributed by atoms with Crippen LogP contribution in [0, 0.1) is 0 Å². The van der Waals surface area contributed by atoms with E-state index in [9.17, 15) is 15.0 Å². The van der Waals surface area contributed by atoms with Gasteiger partial charge in [-0.3, -0.25) is 4.79 Å². The van der Waals surface area contributed by atoms with Crippen molar-refractivity contribution < 1.29 is 10.2 Å². The molecule has 1 aromatic heterocycles. The Morgan fingerprint density at radius 3 is 1.76 bits per heavy atom. The van der Waals surface area contributed by atoms with Gasteiger partial charge in [0, 0.05) is 6.20 Å². The highest BCUT2D eigenvalue weighted by Crippen LogP contribution is 2.18. The zero-order valence-electron chi connectivity index (χ0n) is 18.8. The van der Waals surface area contributed by atoms with Gasteiger partial charge in [-0.15, -0.1) is 0 Å². The summed E-state index contributed by atoms with van der Waals surface area (Å²) in [5.41, 5.74) is -0.163. The van der Waals surface area contributed by atoms with E-state index in [0.717, 1.165) is 12.8 Å². The van der Waals surface area contributed by atoms with Crippen molar-refractivity contribution in [1.82, 2.24) is 4.57 Å². The number of nitrogens with zero attached hydrogens (tertiary/aromatic N) is 1. The summed E-state index contributed by atoms with van der Waals surface area (Å²) in [4.78, 5) is 11.6. The van der Waals surface area contributed by atoms with Gasteiger partial charge >= 0.3 is 0 Å². The van der Waals surface area contributed by atoms with Crippen molar-refractivity contribution in [3.8, 4) is 11.5 Å². The minimum Gasteiger partial charge on any atom is -0.503 e. The molecule has 1 heterocycles. The highest BCUT2D eigenvalue weighted by molar-refractivity contribution is 5.40. The topological polar surface area (TPSA) is 62.5 Å². The van der Waals surface area contributed by atoms with Crippen LogP contribution in [0.25, 0.3) is 6.20 Å². The van der Waals surface area contributed by atoms with E-state index >= 15 is 0 Å². The molecule has 0 radical (unpaired) electrons. The van der Waals surface area contributed by atoms with E-state index in [1.165, 1.54) is 89.7 Å². The molecule has 166 valence electrons. The number of hydrogen-bond acceptors (Lipinski definition) is 3.